The second-order valence-electron chi connectivity index (χ2n) is 9.07. The van der Waals surface area contributed by atoms with Gasteiger partial charge in [-0.25, -0.2) is 0 Å². The van der Waals surface area contributed by atoms with Gasteiger partial charge in [-0.15, -0.1) is 0 Å². The molecule has 3 aliphatic rings. The van der Waals surface area contributed by atoms with Crippen LogP contribution in [0.5, 0.6) is 0 Å². The molecule has 2 aromatic rings. The molecule has 3 aliphatic heterocycles. The van der Waals surface area contributed by atoms with Gasteiger partial charge in [0.15, 0.2) is 0 Å². The van der Waals surface area contributed by atoms with Gasteiger partial charge in [0.1, 0.15) is 0 Å². The van der Waals surface area contributed by atoms with Crippen molar-refractivity contribution in [3.05, 3.63) is 36.0 Å². The lowest BCUT2D eigenvalue weighted by Crippen LogP contribution is -2.62. The molecule has 1 aromatic heterocycles. The van der Waals surface area contributed by atoms with Crippen molar-refractivity contribution < 1.29 is 9.53 Å². The van der Waals surface area contributed by atoms with E-state index in [1.807, 2.05) is 13.0 Å². The summed E-state index contributed by atoms with van der Waals surface area (Å²) >= 11 is 0. The van der Waals surface area contributed by atoms with Crippen molar-refractivity contribution in [3.8, 4) is 0 Å². The first-order chi connectivity index (χ1) is 14.0. The molecule has 3 saturated heterocycles. The molecule has 6 heteroatoms. The van der Waals surface area contributed by atoms with Crippen LogP contribution in [0, 0.1) is 6.92 Å². The van der Waals surface area contributed by atoms with E-state index < -0.39 is 0 Å². The number of rotatable bonds is 3. The van der Waals surface area contributed by atoms with Crippen LogP contribution in [-0.4, -0.2) is 59.2 Å². The average molecular weight is 395 g/mol. The summed E-state index contributed by atoms with van der Waals surface area (Å²) in [6.45, 7) is 6.54. The van der Waals surface area contributed by atoms with Gasteiger partial charge < -0.3 is 15.4 Å². The molecular formula is C23H30N4O2. The number of ether oxygens (including phenoxy) is 1. The van der Waals surface area contributed by atoms with Crippen LogP contribution in [0.2, 0.25) is 0 Å². The standard InChI is InChI=1S/C23H30N4O2/c1-15-11-21(19-5-3-4-6-20(19)25-15)26-9-10-29-23(14-26)12-17-7-8-18(13-23)27(17)16(2)22(24)28/h3-6,11,16-18H,7-10,12-14H2,1-2H3,(H2,24,28)/t16?,17-,18+,23?. The van der Waals surface area contributed by atoms with Crippen molar-refractivity contribution in [3.63, 3.8) is 0 Å². The number of fused-ring (bicyclic) bond motifs is 3. The molecular weight excluding hydrogens is 364 g/mol. The predicted octanol–water partition coefficient (Wildman–Crippen LogP) is 2.62. The van der Waals surface area contributed by atoms with Gasteiger partial charge in [0.25, 0.3) is 0 Å². The van der Waals surface area contributed by atoms with Crippen LogP contribution in [-0.2, 0) is 9.53 Å². The van der Waals surface area contributed by atoms with E-state index in [1.165, 1.54) is 11.1 Å². The minimum atomic E-state index is -0.220. The summed E-state index contributed by atoms with van der Waals surface area (Å²) in [6.07, 6.45) is 4.20. The minimum Gasteiger partial charge on any atom is -0.371 e. The van der Waals surface area contributed by atoms with E-state index >= 15 is 0 Å². The van der Waals surface area contributed by atoms with Gasteiger partial charge in [0.2, 0.25) is 5.91 Å². The zero-order valence-corrected chi connectivity index (χ0v) is 17.3. The van der Waals surface area contributed by atoms with Gasteiger partial charge in [-0.3, -0.25) is 14.7 Å². The maximum Gasteiger partial charge on any atom is 0.234 e. The summed E-state index contributed by atoms with van der Waals surface area (Å²) in [7, 11) is 0. The summed E-state index contributed by atoms with van der Waals surface area (Å²) in [5.74, 6) is -0.220. The van der Waals surface area contributed by atoms with E-state index in [0.717, 1.165) is 56.6 Å². The second kappa shape index (κ2) is 6.96. The molecule has 4 atom stereocenters. The van der Waals surface area contributed by atoms with Crippen LogP contribution in [0.15, 0.2) is 30.3 Å². The number of anilines is 1. The number of aryl methyl sites for hydroxylation is 1. The number of hydrogen-bond acceptors (Lipinski definition) is 5. The van der Waals surface area contributed by atoms with Crippen molar-refractivity contribution in [2.24, 2.45) is 5.73 Å². The molecule has 4 heterocycles. The fourth-order valence-corrected chi connectivity index (χ4v) is 5.96. The highest BCUT2D eigenvalue weighted by Gasteiger charge is 2.52. The molecule has 0 saturated carbocycles. The highest BCUT2D eigenvalue weighted by Crippen LogP contribution is 2.45. The smallest absolute Gasteiger partial charge is 0.234 e. The molecule has 0 radical (unpaired) electrons. The van der Waals surface area contributed by atoms with Crippen molar-refractivity contribution in [2.45, 2.75) is 63.3 Å². The highest BCUT2D eigenvalue weighted by atomic mass is 16.5. The number of piperidine rings is 1. The summed E-state index contributed by atoms with van der Waals surface area (Å²) < 4.78 is 6.47. The lowest BCUT2D eigenvalue weighted by Gasteiger charge is -2.52. The number of hydrogen-bond donors (Lipinski definition) is 1. The third kappa shape index (κ3) is 3.19. The first kappa shape index (κ1) is 18.8. The van der Waals surface area contributed by atoms with Crippen LogP contribution in [0.25, 0.3) is 10.9 Å². The molecule has 1 aromatic carbocycles. The van der Waals surface area contributed by atoms with Gasteiger partial charge in [0.05, 0.1) is 23.8 Å². The molecule has 2 bridgehead atoms. The Morgan fingerprint density at radius 3 is 2.72 bits per heavy atom. The van der Waals surface area contributed by atoms with Crippen LogP contribution in [0.3, 0.4) is 0 Å². The van der Waals surface area contributed by atoms with Gasteiger partial charge in [-0.1, -0.05) is 18.2 Å². The second-order valence-corrected chi connectivity index (χ2v) is 9.07. The van der Waals surface area contributed by atoms with Crippen molar-refractivity contribution >= 4 is 22.5 Å². The number of morpholine rings is 1. The Hall–Kier alpha value is -2.18. The fourth-order valence-electron chi connectivity index (χ4n) is 5.96. The SMILES string of the molecule is Cc1cc(N2CCOC3(C[C@H]4CC[C@@H](C3)N4C(C)C(N)=O)C2)c2ccccc2n1. The lowest BCUT2D eigenvalue weighted by atomic mass is 9.83. The number of pyridine rings is 1. The van der Waals surface area contributed by atoms with Gasteiger partial charge >= 0.3 is 0 Å². The molecule has 2 N–H and O–H groups in total. The van der Waals surface area contributed by atoms with Crippen LogP contribution in [0.4, 0.5) is 5.69 Å². The van der Waals surface area contributed by atoms with E-state index in [4.69, 9.17) is 15.5 Å². The van der Waals surface area contributed by atoms with E-state index in [9.17, 15) is 4.79 Å². The van der Waals surface area contributed by atoms with Gasteiger partial charge in [-0.2, -0.15) is 0 Å². The van der Waals surface area contributed by atoms with E-state index in [1.54, 1.807) is 0 Å². The van der Waals surface area contributed by atoms with Crippen LogP contribution >= 0.6 is 0 Å². The number of carbonyl (C=O) groups excluding carboxylic acids is 1. The summed E-state index contributed by atoms with van der Waals surface area (Å²) in [5.41, 5.74) is 8.84. The number of amides is 1. The maximum absolute atomic E-state index is 11.8. The highest BCUT2D eigenvalue weighted by molar-refractivity contribution is 5.92. The molecule has 2 unspecified atom stereocenters. The number of benzene rings is 1. The number of primary amides is 1. The molecule has 6 nitrogen and oxygen atoms in total. The van der Waals surface area contributed by atoms with Crippen LogP contribution in [0.1, 0.15) is 38.3 Å². The Morgan fingerprint density at radius 1 is 1.28 bits per heavy atom. The Balaban J connectivity index is 1.43. The fraction of sp³-hybridized carbons (Fsp3) is 0.565. The summed E-state index contributed by atoms with van der Waals surface area (Å²) in [6, 6.07) is 11.2. The van der Waals surface area contributed by atoms with Gasteiger partial charge in [0, 0.05) is 41.9 Å². The van der Waals surface area contributed by atoms with Crippen molar-refractivity contribution in [2.75, 3.05) is 24.6 Å². The minimum absolute atomic E-state index is 0.143. The maximum atomic E-state index is 11.8. The predicted molar refractivity (Wildman–Crippen MR) is 114 cm³/mol. The molecule has 154 valence electrons. The molecule has 1 spiro atoms. The summed E-state index contributed by atoms with van der Waals surface area (Å²) in [4.78, 5) is 21.4. The van der Waals surface area contributed by atoms with Gasteiger partial charge in [-0.05, 0) is 51.7 Å². The normalized spacial score (nSPS) is 30.8. The zero-order chi connectivity index (χ0) is 20.2. The molecule has 3 fully saturated rings. The van der Waals surface area contributed by atoms with Crippen molar-refractivity contribution in [1.82, 2.24) is 9.88 Å². The van der Waals surface area contributed by atoms with Crippen LogP contribution < -0.4 is 10.6 Å². The lowest BCUT2D eigenvalue weighted by molar-refractivity contribution is -0.135. The Kier molecular flexibility index (Phi) is 4.51. The topological polar surface area (TPSA) is 71.7 Å². The third-order valence-corrected chi connectivity index (χ3v) is 7.16. The monoisotopic (exact) mass is 394 g/mol. The van der Waals surface area contributed by atoms with E-state index in [2.05, 4.69) is 41.0 Å². The number of nitrogens with zero attached hydrogens (tertiary/aromatic N) is 3. The average Bonchev–Trinajstić information content (AvgIpc) is 2.98. The quantitative estimate of drug-likeness (QED) is 0.866. The molecule has 1 amide bonds. The third-order valence-electron chi connectivity index (χ3n) is 7.16. The molecule has 0 aliphatic carbocycles. The Morgan fingerprint density at radius 2 is 2.00 bits per heavy atom. The molecule has 29 heavy (non-hydrogen) atoms. The van der Waals surface area contributed by atoms with E-state index in [0.29, 0.717) is 12.1 Å². The first-order valence-electron chi connectivity index (χ1n) is 10.8. The number of nitrogens with two attached hydrogens (primary N) is 1. The number of carbonyl (C=O) groups is 1. The van der Waals surface area contributed by atoms with E-state index in [-0.39, 0.29) is 17.6 Å². The van der Waals surface area contributed by atoms with Crippen molar-refractivity contribution in [1.29, 1.82) is 0 Å². The molecule has 5 rings (SSSR count). The zero-order valence-electron chi connectivity index (χ0n) is 17.3. The number of para-hydroxylation sites is 1. The number of aromatic nitrogens is 1. The largest absolute Gasteiger partial charge is 0.371 e. The Bertz CT molecular complexity index is 932. The first-order valence-corrected chi connectivity index (χ1v) is 10.8. The summed E-state index contributed by atoms with van der Waals surface area (Å²) in [5, 5.41) is 1.21. The Labute approximate surface area is 172 Å².